The summed E-state index contributed by atoms with van der Waals surface area (Å²) in [6, 6.07) is 12.9. The third-order valence-corrected chi connectivity index (χ3v) is 5.99. The Morgan fingerprint density at radius 1 is 1.00 bits per heavy atom. The number of amides is 3. The van der Waals surface area contributed by atoms with E-state index in [9.17, 15) is 14.4 Å². The maximum absolute atomic E-state index is 13.7. The summed E-state index contributed by atoms with van der Waals surface area (Å²) in [6.45, 7) is 9.06. The molecule has 1 unspecified atom stereocenters. The number of imide groups is 1. The fraction of sp³-hybridized carbons (Fsp3) is 0.346. The van der Waals surface area contributed by atoms with E-state index < -0.39 is 0 Å². The third kappa shape index (κ3) is 4.17. The van der Waals surface area contributed by atoms with E-state index in [0.717, 1.165) is 37.1 Å². The van der Waals surface area contributed by atoms with Crippen LogP contribution in [-0.2, 0) is 14.4 Å². The third-order valence-electron chi connectivity index (χ3n) is 5.99. The van der Waals surface area contributed by atoms with Gasteiger partial charge in [0, 0.05) is 25.7 Å². The zero-order valence-corrected chi connectivity index (χ0v) is 19.1. The minimum absolute atomic E-state index is 0.159. The number of nitrogens with zero attached hydrogens (tertiary/aromatic N) is 2. The molecular formula is C26H29N3O3. The molecule has 2 aliphatic heterocycles. The van der Waals surface area contributed by atoms with Gasteiger partial charge < -0.3 is 10.2 Å². The Labute approximate surface area is 188 Å². The van der Waals surface area contributed by atoms with E-state index in [1.165, 1.54) is 11.8 Å². The number of nitrogens with one attached hydrogen (secondary N) is 1. The van der Waals surface area contributed by atoms with Crippen molar-refractivity contribution in [3.63, 3.8) is 0 Å². The van der Waals surface area contributed by atoms with Gasteiger partial charge in [-0.15, -0.1) is 0 Å². The molecule has 0 radical (unpaired) electrons. The summed E-state index contributed by atoms with van der Waals surface area (Å²) < 4.78 is 0. The Balaban J connectivity index is 1.80. The lowest BCUT2D eigenvalue weighted by molar-refractivity contribution is -0.121. The summed E-state index contributed by atoms with van der Waals surface area (Å²) in [6.07, 6.45) is 2.11. The van der Waals surface area contributed by atoms with E-state index in [4.69, 9.17) is 0 Å². The van der Waals surface area contributed by atoms with E-state index in [-0.39, 0.29) is 17.7 Å². The van der Waals surface area contributed by atoms with Crippen LogP contribution >= 0.6 is 0 Å². The molecule has 0 aromatic heterocycles. The molecule has 1 saturated heterocycles. The van der Waals surface area contributed by atoms with Gasteiger partial charge in [-0.25, -0.2) is 4.90 Å². The Hall–Kier alpha value is -3.41. The molecule has 1 fully saturated rings. The largest absolute Gasteiger partial charge is 0.366 e. The van der Waals surface area contributed by atoms with E-state index in [1.807, 2.05) is 32.0 Å². The maximum Gasteiger partial charge on any atom is 0.282 e. The van der Waals surface area contributed by atoms with Crippen LogP contribution in [0.2, 0.25) is 0 Å². The summed E-state index contributed by atoms with van der Waals surface area (Å²) >= 11 is 0. The Morgan fingerprint density at radius 3 is 2.25 bits per heavy atom. The van der Waals surface area contributed by atoms with Crippen molar-refractivity contribution in [3.8, 4) is 0 Å². The lowest BCUT2D eigenvalue weighted by Gasteiger charge is -2.33. The zero-order chi connectivity index (χ0) is 23.0. The van der Waals surface area contributed by atoms with E-state index in [0.29, 0.717) is 34.1 Å². The number of rotatable bonds is 4. The first-order valence-electron chi connectivity index (χ1n) is 11.1. The van der Waals surface area contributed by atoms with Crippen LogP contribution in [0.3, 0.4) is 0 Å². The molecule has 4 rings (SSSR count). The van der Waals surface area contributed by atoms with Gasteiger partial charge in [-0.05, 0) is 73.6 Å². The second-order valence-corrected chi connectivity index (χ2v) is 8.97. The molecule has 1 N–H and O–H groups in total. The van der Waals surface area contributed by atoms with Crippen molar-refractivity contribution in [1.82, 2.24) is 4.90 Å². The standard InChI is InChI=1S/C26H29N3O3/c1-16-6-5-11-28(15-16)24-23(20-7-9-21(10-8-20)27-19(4)30)25(31)29(26(24)32)22-13-17(2)12-18(3)14-22/h7-10,12-14,16H,5-6,11,15H2,1-4H3,(H,27,30). The van der Waals surface area contributed by atoms with Crippen LogP contribution in [0.15, 0.2) is 48.2 Å². The van der Waals surface area contributed by atoms with Crippen molar-refractivity contribution in [2.75, 3.05) is 23.3 Å². The number of hydrogen-bond acceptors (Lipinski definition) is 4. The summed E-state index contributed by atoms with van der Waals surface area (Å²) in [7, 11) is 0. The lowest BCUT2D eigenvalue weighted by Crippen LogP contribution is -2.39. The molecule has 2 aromatic carbocycles. The predicted molar refractivity (Wildman–Crippen MR) is 126 cm³/mol. The van der Waals surface area contributed by atoms with Gasteiger partial charge in [-0.1, -0.05) is 25.1 Å². The summed E-state index contributed by atoms with van der Waals surface area (Å²) in [5, 5.41) is 2.74. The van der Waals surface area contributed by atoms with Crippen LogP contribution in [0.25, 0.3) is 5.57 Å². The van der Waals surface area contributed by atoms with Crippen LogP contribution in [0, 0.1) is 19.8 Å². The molecule has 166 valence electrons. The normalized spacial score (nSPS) is 19.1. The number of anilines is 2. The minimum Gasteiger partial charge on any atom is -0.366 e. The molecule has 1 atom stereocenters. The van der Waals surface area contributed by atoms with Crippen molar-refractivity contribution in [1.29, 1.82) is 0 Å². The molecule has 2 aliphatic rings. The Morgan fingerprint density at radius 2 is 1.66 bits per heavy atom. The van der Waals surface area contributed by atoms with Gasteiger partial charge >= 0.3 is 0 Å². The first-order chi connectivity index (χ1) is 15.2. The number of piperidine rings is 1. The van der Waals surface area contributed by atoms with Crippen LogP contribution < -0.4 is 10.2 Å². The average Bonchev–Trinajstić information content (AvgIpc) is 2.97. The molecule has 6 nitrogen and oxygen atoms in total. The number of benzene rings is 2. The van der Waals surface area contributed by atoms with Gasteiger partial charge in [-0.3, -0.25) is 14.4 Å². The maximum atomic E-state index is 13.7. The minimum atomic E-state index is -0.305. The van der Waals surface area contributed by atoms with Gasteiger partial charge in [0.25, 0.3) is 11.8 Å². The first kappa shape index (κ1) is 21.8. The highest BCUT2D eigenvalue weighted by Crippen LogP contribution is 2.37. The fourth-order valence-corrected chi connectivity index (χ4v) is 4.70. The SMILES string of the molecule is CC(=O)Nc1ccc(C2=C(N3CCCC(C)C3)C(=O)N(c3cc(C)cc(C)c3)C2=O)cc1. The monoisotopic (exact) mass is 431 g/mol. The summed E-state index contributed by atoms with van der Waals surface area (Å²) in [5.74, 6) is -0.276. The predicted octanol–water partition coefficient (Wildman–Crippen LogP) is 4.28. The van der Waals surface area contributed by atoms with Gasteiger partial charge in [0.15, 0.2) is 0 Å². The number of likely N-dealkylation sites (tertiary alicyclic amines) is 1. The summed E-state index contributed by atoms with van der Waals surface area (Å²) in [4.78, 5) is 42.1. The quantitative estimate of drug-likeness (QED) is 0.734. The molecule has 0 saturated carbocycles. The molecule has 2 heterocycles. The van der Waals surface area contributed by atoms with E-state index >= 15 is 0 Å². The van der Waals surface area contributed by atoms with Crippen molar-refractivity contribution < 1.29 is 14.4 Å². The highest BCUT2D eigenvalue weighted by Gasteiger charge is 2.43. The van der Waals surface area contributed by atoms with Crippen molar-refractivity contribution in [2.24, 2.45) is 5.92 Å². The van der Waals surface area contributed by atoms with E-state index in [2.05, 4.69) is 17.1 Å². The van der Waals surface area contributed by atoms with Crippen LogP contribution in [0.1, 0.15) is 43.4 Å². The second-order valence-electron chi connectivity index (χ2n) is 8.97. The molecule has 0 spiro atoms. The second kappa shape index (κ2) is 8.61. The van der Waals surface area contributed by atoms with Gasteiger partial charge in [-0.2, -0.15) is 0 Å². The highest BCUT2D eigenvalue weighted by atomic mass is 16.2. The number of hydrogen-bond donors (Lipinski definition) is 1. The number of carbonyl (C=O) groups is 3. The van der Waals surface area contributed by atoms with Crippen molar-refractivity contribution in [3.05, 3.63) is 64.9 Å². The molecule has 0 aliphatic carbocycles. The smallest absolute Gasteiger partial charge is 0.282 e. The molecule has 0 bridgehead atoms. The number of carbonyl (C=O) groups excluding carboxylic acids is 3. The fourth-order valence-electron chi connectivity index (χ4n) is 4.70. The molecule has 3 amide bonds. The molecule has 2 aromatic rings. The highest BCUT2D eigenvalue weighted by molar-refractivity contribution is 6.45. The summed E-state index contributed by atoms with van der Waals surface area (Å²) in [5.41, 5.74) is 4.84. The van der Waals surface area contributed by atoms with Crippen LogP contribution in [0.4, 0.5) is 11.4 Å². The van der Waals surface area contributed by atoms with Gasteiger partial charge in [0.05, 0.1) is 11.3 Å². The van der Waals surface area contributed by atoms with Gasteiger partial charge in [0.1, 0.15) is 5.70 Å². The number of aryl methyl sites for hydroxylation is 2. The van der Waals surface area contributed by atoms with Crippen LogP contribution in [-0.4, -0.2) is 35.7 Å². The van der Waals surface area contributed by atoms with E-state index in [1.54, 1.807) is 24.3 Å². The van der Waals surface area contributed by atoms with Crippen molar-refractivity contribution >= 4 is 34.7 Å². The van der Waals surface area contributed by atoms with Crippen molar-refractivity contribution in [2.45, 2.75) is 40.5 Å². The zero-order valence-electron chi connectivity index (χ0n) is 19.1. The Bertz CT molecular complexity index is 1100. The van der Waals surface area contributed by atoms with Gasteiger partial charge in [0.2, 0.25) is 5.91 Å². The first-order valence-corrected chi connectivity index (χ1v) is 11.1. The molecular weight excluding hydrogens is 402 g/mol. The Kier molecular flexibility index (Phi) is 5.87. The molecule has 32 heavy (non-hydrogen) atoms. The molecule has 6 heteroatoms. The average molecular weight is 432 g/mol. The lowest BCUT2D eigenvalue weighted by atomic mass is 9.97. The van der Waals surface area contributed by atoms with Crippen LogP contribution in [0.5, 0.6) is 0 Å². The topological polar surface area (TPSA) is 69.7 Å².